The van der Waals surface area contributed by atoms with E-state index in [-0.39, 0.29) is 30.0 Å². The number of nitriles is 1. The lowest BCUT2D eigenvalue weighted by molar-refractivity contribution is -0.140. The molecule has 1 aromatic rings. The lowest BCUT2D eigenvalue weighted by Crippen LogP contribution is -2.31. The first-order chi connectivity index (χ1) is 12.1. The topological polar surface area (TPSA) is 79.2 Å². The second-order valence-corrected chi connectivity index (χ2v) is 6.75. The molecule has 1 aromatic carbocycles. The number of ether oxygens (including phenoxy) is 1. The third-order valence-corrected chi connectivity index (χ3v) is 4.94. The van der Waals surface area contributed by atoms with Gasteiger partial charge in [-0.2, -0.15) is 5.26 Å². The van der Waals surface area contributed by atoms with Gasteiger partial charge in [0.2, 0.25) is 5.91 Å². The van der Waals surface area contributed by atoms with Crippen molar-refractivity contribution in [3.8, 4) is 6.07 Å². The largest absolute Gasteiger partial charge is 0.465 e. The van der Waals surface area contributed by atoms with Crippen LogP contribution in [0.4, 0.5) is 0 Å². The zero-order valence-corrected chi connectivity index (χ0v) is 15.3. The maximum atomic E-state index is 12.1. The van der Waals surface area contributed by atoms with Crippen molar-refractivity contribution in [3.05, 3.63) is 46.0 Å². The molecule has 0 aromatic heterocycles. The van der Waals surface area contributed by atoms with Crippen LogP contribution in [-0.2, 0) is 20.7 Å². The SMILES string of the molecule is CCCOC(=O)CSC1=C(C#N)[C@H](c2ccc(CC)cc2)CC(=O)N1. The van der Waals surface area contributed by atoms with Crippen LogP contribution in [0.1, 0.15) is 43.7 Å². The fraction of sp³-hybridized carbons (Fsp3) is 0.421. The number of hydrogen-bond acceptors (Lipinski definition) is 5. The minimum Gasteiger partial charge on any atom is -0.465 e. The minimum atomic E-state index is -0.347. The summed E-state index contributed by atoms with van der Waals surface area (Å²) in [7, 11) is 0. The van der Waals surface area contributed by atoms with Gasteiger partial charge in [-0.1, -0.05) is 49.9 Å². The van der Waals surface area contributed by atoms with Gasteiger partial charge in [-0.15, -0.1) is 0 Å². The van der Waals surface area contributed by atoms with Crippen LogP contribution < -0.4 is 5.32 Å². The fourth-order valence-electron chi connectivity index (χ4n) is 2.59. The average molecular weight is 358 g/mol. The number of allylic oxidation sites excluding steroid dienone is 1. The Hall–Kier alpha value is -2.26. The Labute approximate surface area is 152 Å². The predicted molar refractivity (Wildman–Crippen MR) is 97.7 cm³/mol. The number of amides is 1. The highest BCUT2D eigenvalue weighted by Gasteiger charge is 2.29. The van der Waals surface area contributed by atoms with E-state index in [4.69, 9.17) is 4.74 Å². The molecule has 132 valence electrons. The van der Waals surface area contributed by atoms with Crippen LogP contribution in [0, 0.1) is 11.3 Å². The Balaban J connectivity index is 2.20. The number of hydrogen-bond donors (Lipinski definition) is 1. The maximum Gasteiger partial charge on any atom is 0.316 e. The second-order valence-electron chi connectivity index (χ2n) is 5.76. The zero-order chi connectivity index (χ0) is 18.2. The van der Waals surface area contributed by atoms with E-state index < -0.39 is 0 Å². The number of nitrogens with one attached hydrogen (secondary N) is 1. The van der Waals surface area contributed by atoms with Crippen LogP contribution in [0.2, 0.25) is 0 Å². The smallest absolute Gasteiger partial charge is 0.316 e. The van der Waals surface area contributed by atoms with Gasteiger partial charge in [0, 0.05) is 12.3 Å². The second kappa shape index (κ2) is 9.28. The van der Waals surface area contributed by atoms with E-state index in [1.54, 1.807) is 0 Å². The third-order valence-electron chi connectivity index (χ3n) is 3.95. The van der Waals surface area contributed by atoms with E-state index >= 15 is 0 Å². The van der Waals surface area contributed by atoms with Crippen molar-refractivity contribution in [2.45, 2.75) is 39.0 Å². The molecule has 0 aliphatic carbocycles. The summed E-state index contributed by atoms with van der Waals surface area (Å²) in [6.45, 7) is 4.38. The highest BCUT2D eigenvalue weighted by Crippen LogP contribution is 2.36. The number of rotatable bonds is 7. The number of esters is 1. The molecule has 0 fully saturated rings. The number of carbonyl (C=O) groups is 2. The van der Waals surface area contributed by atoms with Gasteiger partial charge < -0.3 is 10.1 Å². The Bertz CT molecular complexity index is 704. The van der Waals surface area contributed by atoms with Crippen LogP contribution in [0.3, 0.4) is 0 Å². The van der Waals surface area contributed by atoms with Gasteiger partial charge in [-0.05, 0) is 24.0 Å². The molecular formula is C19H22N2O3S. The third kappa shape index (κ3) is 5.10. The molecule has 0 saturated heterocycles. The summed E-state index contributed by atoms with van der Waals surface area (Å²) in [4.78, 5) is 23.8. The summed E-state index contributed by atoms with van der Waals surface area (Å²) < 4.78 is 5.04. The van der Waals surface area contributed by atoms with Gasteiger partial charge in [0.25, 0.3) is 0 Å². The molecule has 1 N–H and O–H groups in total. The molecule has 1 heterocycles. The molecule has 1 amide bonds. The Morgan fingerprint density at radius 2 is 2.08 bits per heavy atom. The highest BCUT2D eigenvalue weighted by molar-refractivity contribution is 8.03. The average Bonchev–Trinajstić information content (AvgIpc) is 2.64. The normalized spacial score (nSPS) is 17.0. The van der Waals surface area contributed by atoms with Crippen molar-refractivity contribution in [3.63, 3.8) is 0 Å². The van der Waals surface area contributed by atoms with Crippen molar-refractivity contribution in [2.75, 3.05) is 12.4 Å². The van der Waals surface area contributed by atoms with Crippen LogP contribution >= 0.6 is 11.8 Å². The number of carbonyl (C=O) groups excluding carboxylic acids is 2. The molecule has 25 heavy (non-hydrogen) atoms. The molecule has 2 rings (SSSR count). The number of nitrogens with zero attached hydrogens (tertiary/aromatic N) is 1. The molecular weight excluding hydrogens is 336 g/mol. The highest BCUT2D eigenvalue weighted by atomic mass is 32.2. The number of benzene rings is 1. The predicted octanol–water partition coefficient (Wildman–Crippen LogP) is 3.27. The van der Waals surface area contributed by atoms with Crippen molar-refractivity contribution in [1.29, 1.82) is 5.26 Å². The van der Waals surface area contributed by atoms with Crippen LogP contribution in [0.25, 0.3) is 0 Å². The molecule has 1 aliphatic rings. The van der Waals surface area contributed by atoms with E-state index in [0.717, 1.165) is 30.2 Å². The minimum absolute atomic E-state index is 0.0717. The van der Waals surface area contributed by atoms with E-state index in [1.165, 1.54) is 5.56 Å². The standard InChI is InChI=1S/C19H22N2O3S/c1-3-9-24-18(23)12-25-19-16(11-20)15(10-17(22)21-19)14-7-5-13(4-2)6-8-14/h5-8,15H,3-4,9-10,12H2,1-2H3,(H,21,22)/t15-/m0/s1. The number of thioether (sulfide) groups is 1. The molecule has 0 bridgehead atoms. The first-order valence-electron chi connectivity index (χ1n) is 8.40. The van der Waals surface area contributed by atoms with Gasteiger partial charge in [0.1, 0.15) is 0 Å². The van der Waals surface area contributed by atoms with E-state index in [1.807, 2.05) is 31.2 Å². The van der Waals surface area contributed by atoms with Gasteiger partial charge in [-0.25, -0.2) is 0 Å². The molecule has 0 saturated carbocycles. The van der Waals surface area contributed by atoms with Gasteiger partial charge in [-0.3, -0.25) is 9.59 Å². The molecule has 0 radical (unpaired) electrons. The Morgan fingerprint density at radius 3 is 2.68 bits per heavy atom. The van der Waals surface area contributed by atoms with Crippen LogP contribution in [-0.4, -0.2) is 24.2 Å². The van der Waals surface area contributed by atoms with Crippen LogP contribution in [0.15, 0.2) is 34.9 Å². The summed E-state index contributed by atoms with van der Waals surface area (Å²) in [5, 5.41) is 12.8. The Kier molecular flexibility index (Phi) is 7.08. The number of aryl methyl sites for hydroxylation is 1. The quantitative estimate of drug-likeness (QED) is 0.757. The maximum absolute atomic E-state index is 12.1. The van der Waals surface area contributed by atoms with Crippen molar-refractivity contribution >= 4 is 23.6 Å². The zero-order valence-electron chi connectivity index (χ0n) is 14.5. The molecule has 0 spiro atoms. The summed E-state index contributed by atoms with van der Waals surface area (Å²) in [5.74, 6) is -0.699. The van der Waals surface area contributed by atoms with E-state index in [0.29, 0.717) is 17.2 Å². The van der Waals surface area contributed by atoms with Gasteiger partial charge in [0.05, 0.1) is 29.0 Å². The van der Waals surface area contributed by atoms with E-state index in [9.17, 15) is 14.9 Å². The van der Waals surface area contributed by atoms with Crippen molar-refractivity contribution in [2.24, 2.45) is 0 Å². The first-order valence-corrected chi connectivity index (χ1v) is 9.38. The molecule has 6 heteroatoms. The Morgan fingerprint density at radius 1 is 1.36 bits per heavy atom. The lowest BCUT2D eigenvalue weighted by atomic mass is 9.86. The van der Waals surface area contributed by atoms with Gasteiger partial charge in [0.15, 0.2) is 0 Å². The van der Waals surface area contributed by atoms with Crippen molar-refractivity contribution in [1.82, 2.24) is 5.32 Å². The van der Waals surface area contributed by atoms with Crippen molar-refractivity contribution < 1.29 is 14.3 Å². The summed E-state index contributed by atoms with van der Waals surface area (Å²) in [6, 6.07) is 10.2. The van der Waals surface area contributed by atoms with Gasteiger partial charge >= 0.3 is 5.97 Å². The summed E-state index contributed by atoms with van der Waals surface area (Å²) in [5.41, 5.74) is 2.65. The monoisotopic (exact) mass is 358 g/mol. The summed E-state index contributed by atoms with van der Waals surface area (Å²) in [6.07, 6.45) is 1.93. The molecule has 1 atom stereocenters. The molecule has 5 nitrogen and oxygen atoms in total. The molecule has 0 unspecified atom stereocenters. The lowest BCUT2D eigenvalue weighted by Gasteiger charge is -2.25. The van der Waals surface area contributed by atoms with Crippen LogP contribution in [0.5, 0.6) is 0 Å². The molecule has 1 aliphatic heterocycles. The van der Waals surface area contributed by atoms with E-state index in [2.05, 4.69) is 18.3 Å². The first kappa shape index (κ1) is 19.1. The fourth-order valence-corrected chi connectivity index (χ4v) is 3.47. The summed E-state index contributed by atoms with van der Waals surface area (Å²) >= 11 is 1.15.